The zero-order valence-electron chi connectivity index (χ0n) is 14.8. The van der Waals surface area contributed by atoms with Gasteiger partial charge in [-0.2, -0.15) is 11.3 Å². The largest absolute Gasteiger partial charge is 0.507 e. The smallest absolute Gasteiger partial charge is 0.123 e. The van der Waals surface area contributed by atoms with E-state index in [1.54, 1.807) is 11.3 Å². The molecule has 0 unspecified atom stereocenters. The molecule has 2 rings (SSSR count). The van der Waals surface area contributed by atoms with Gasteiger partial charge >= 0.3 is 0 Å². The zero-order valence-corrected chi connectivity index (χ0v) is 16.4. The fourth-order valence-corrected chi connectivity index (χ4v) is 3.32. The van der Waals surface area contributed by atoms with E-state index < -0.39 is 0 Å². The highest BCUT2D eigenvalue weighted by Gasteiger charge is 2.27. The lowest BCUT2D eigenvalue weighted by molar-refractivity contribution is 0.422. The van der Waals surface area contributed by atoms with Crippen LogP contribution in [0.2, 0.25) is 0 Å². The van der Waals surface area contributed by atoms with E-state index in [1.807, 2.05) is 5.38 Å². The van der Waals surface area contributed by atoms with E-state index in [4.69, 9.17) is 5.73 Å². The number of hydrogen-bond donors (Lipinski definition) is 2. The number of hydrogen-bond acceptors (Lipinski definition) is 3. The average Bonchev–Trinajstić information content (AvgIpc) is 2.89. The molecule has 1 heterocycles. The van der Waals surface area contributed by atoms with E-state index >= 15 is 0 Å². The Bertz CT molecular complexity index is 616. The molecule has 1 atom stereocenters. The Hall–Kier alpha value is -1.03. The Labute approximate surface area is 150 Å². The molecule has 0 bridgehead atoms. The van der Waals surface area contributed by atoms with Crippen LogP contribution >= 0.6 is 23.7 Å². The summed E-state index contributed by atoms with van der Waals surface area (Å²) in [4.78, 5) is 0. The summed E-state index contributed by atoms with van der Waals surface area (Å²) in [5, 5.41) is 14.9. The van der Waals surface area contributed by atoms with Crippen LogP contribution in [0.15, 0.2) is 29.0 Å². The van der Waals surface area contributed by atoms with Crippen LogP contribution in [-0.4, -0.2) is 5.11 Å². The minimum absolute atomic E-state index is 0. The summed E-state index contributed by atoms with van der Waals surface area (Å²) < 4.78 is 0. The number of nitrogens with two attached hydrogens (primary N) is 1. The van der Waals surface area contributed by atoms with E-state index in [2.05, 4.69) is 65.1 Å². The van der Waals surface area contributed by atoms with Crippen molar-refractivity contribution in [1.82, 2.24) is 0 Å². The maximum atomic E-state index is 10.8. The fourth-order valence-electron chi connectivity index (χ4n) is 2.62. The van der Waals surface area contributed by atoms with Gasteiger partial charge in [0.15, 0.2) is 0 Å². The summed E-state index contributed by atoms with van der Waals surface area (Å²) >= 11 is 1.66. The molecule has 0 amide bonds. The molecule has 1 aromatic heterocycles. The first kappa shape index (κ1) is 20.0. The molecule has 0 saturated heterocycles. The van der Waals surface area contributed by atoms with E-state index in [0.29, 0.717) is 5.75 Å². The molecular formula is C19H28ClNOS. The Morgan fingerprint density at radius 3 is 1.78 bits per heavy atom. The van der Waals surface area contributed by atoms with Crippen molar-refractivity contribution in [2.45, 2.75) is 58.4 Å². The average molecular weight is 354 g/mol. The van der Waals surface area contributed by atoms with Gasteiger partial charge in [-0.25, -0.2) is 0 Å². The first-order chi connectivity index (χ1) is 10.0. The molecule has 3 N–H and O–H groups in total. The number of rotatable bonds is 2. The van der Waals surface area contributed by atoms with Crippen LogP contribution in [0, 0.1) is 0 Å². The molecule has 0 aliphatic carbocycles. The first-order valence-electron chi connectivity index (χ1n) is 7.67. The second kappa shape index (κ2) is 6.84. The predicted molar refractivity (Wildman–Crippen MR) is 103 cm³/mol. The van der Waals surface area contributed by atoms with Crippen molar-refractivity contribution in [3.05, 3.63) is 51.2 Å². The molecule has 0 aliphatic rings. The summed E-state index contributed by atoms with van der Waals surface area (Å²) in [6, 6.07) is 6.03. The third-order valence-corrected chi connectivity index (χ3v) is 4.71. The lowest BCUT2D eigenvalue weighted by Gasteiger charge is -2.29. The SMILES string of the molecule is CC(C)(C)c1cc([C@@H](N)c2ccsc2)cc(C(C)(C)C)c1O.Cl. The zero-order chi connectivity index (χ0) is 16.7. The van der Waals surface area contributed by atoms with Crippen molar-refractivity contribution in [2.24, 2.45) is 5.73 Å². The van der Waals surface area contributed by atoms with Crippen LogP contribution in [0.4, 0.5) is 0 Å². The summed E-state index contributed by atoms with van der Waals surface area (Å²) in [5.74, 6) is 0.404. The second-order valence-electron chi connectivity index (χ2n) is 8.00. The van der Waals surface area contributed by atoms with E-state index in [0.717, 1.165) is 22.3 Å². The second-order valence-corrected chi connectivity index (χ2v) is 8.78. The molecule has 0 saturated carbocycles. The third-order valence-electron chi connectivity index (χ3n) is 4.01. The fraction of sp³-hybridized carbons (Fsp3) is 0.474. The lowest BCUT2D eigenvalue weighted by Crippen LogP contribution is -2.20. The third kappa shape index (κ3) is 4.28. The number of benzene rings is 1. The lowest BCUT2D eigenvalue weighted by atomic mass is 9.77. The minimum Gasteiger partial charge on any atom is -0.507 e. The summed E-state index contributed by atoms with van der Waals surface area (Å²) in [5.41, 5.74) is 10.3. The number of halogens is 1. The van der Waals surface area contributed by atoms with Crippen molar-refractivity contribution in [3.8, 4) is 5.75 Å². The molecular weight excluding hydrogens is 326 g/mol. The van der Waals surface area contributed by atoms with Gasteiger partial charge in [-0.15, -0.1) is 12.4 Å². The van der Waals surface area contributed by atoms with Crippen molar-refractivity contribution >= 4 is 23.7 Å². The van der Waals surface area contributed by atoms with Crippen molar-refractivity contribution < 1.29 is 5.11 Å². The normalized spacial score (nSPS) is 13.5. The molecule has 2 aromatic rings. The van der Waals surface area contributed by atoms with Crippen molar-refractivity contribution in [1.29, 1.82) is 0 Å². The number of phenolic OH excluding ortho intramolecular Hbond substituents is 1. The maximum absolute atomic E-state index is 10.8. The van der Waals surface area contributed by atoms with Gasteiger partial charge < -0.3 is 10.8 Å². The standard InChI is InChI=1S/C19H27NOS.ClH/c1-18(2,3)14-9-13(16(20)12-7-8-22-11-12)10-15(17(14)21)19(4,5)6;/h7-11,16,21H,20H2,1-6H3;1H/t16-;/m0./s1. The summed E-state index contributed by atoms with van der Waals surface area (Å²) in [6.45, 7) is 12.7. The van der Waals surface area contributed by atoms with E-state index in [-0.39, 0.29) is 29.3 Å². The molecule has 0 radical (unpaired) electrons. The number of thiophene rings is 1. The van der Waals surface area contributed by atoms with Crippen LogP contribution < -0.4 is 5.73 Å². The van der Waals surface area contributed by atoms with Crippen LogP contribution in [0.5, 0.6) is 5.75 Å². The Morgan fingerprint density at radius 1 is 0.957 bits per heavy atom. The highest BCUT2D eigenvalue weighted by molar-refractivity contribution is 7.08. The van der Waals surface area contributed by atoms with Gasteiger partial charge in [0.2, 0.25) is 0 Å². The molecule has 0 aliphatic heterocycles. The molecule has 0 spiro atoms. The Morgan fingerprint density at radius 2 is 1.43 bits per heavy atom. The van der Waals surface area contributed by atoms with Gasteiger partial charge in [-0.1, -0.05) is 41.5 Å². The van der Waals surface area contributed by atoms with Crippen molar-refractivity contribution in [3.63, 3.8) is 0 Å². The highest BCUT2D eigenvalue weighted by atomic mass is 35.5. The minimum atomic E-state index is -0.158. The van der Waals surface area contributed by atoms with E-state index in [1.165, 1.54) is 0 Å². The molecule has 128 valence electrons. The van der Waals surface area contributed by atoms with E-state index in [9.17, 15) is 5.11 Å². The quantitative estimate of drug-likeness (QED) is 0.746. The predicted octanol–water partition coefficient (Wildman–Crippen LogP) is 5.52. The van der Waals surface area contributed by atoms with Gasteiger partial charge in [-0.05, 0) is 62.0 Å². The van der Waals surface area contributed by atoms with Gasteiger partial charge in [0, 0.05) is 0 Å². The molecule has 23 heavy (non-hydrogen) atoms. The molecule has 0 fully saturated rings. The number of phenols is 1. The van der Waals surface area contributed by atoms with Crippen LogP contribution in [-0.2, 0) is 10.8 Å². The number of aromatic hydroxyl groups is 1. The van der Waals surface area contributed by atoms with Crippen molar-refractivity contribution in [2.75, 3.05) is 0 Å². The van der Waals surface area contributed by atoms with Gasteiger partial charge in [0.05, 0.1) is 6.04 Å². The molecule has 2 nitrogen and oxygen atoms in total. The topological polar surface area (TPSA) is 46.2 Å². The monoisotopic (exact) mass is 353 g/mol. The van der Waals surface area contributed by atoms with Crippen LogP contribution in [0.25, 0.3) is 0 Å². The molecule has 4 heteroatoms. The van der Waals surface area contributed by atoms with Gasteiger partial charge in [0.1, 0.15) is 5.75 Å². The maximum Gasteiger partial charge on any atom is 0.123 e. The summed E-state index contributed by atoms with van der Waals surface area (Å²) in [7, 11) is 0. The van der Waals surface area contributed by atoms with Gasteiger partial charge in [-0.3, -0.25) is 0 Å². The summed E-state index contributed by atoms with van der Waals surface area (Å²) in [6.07, 6.45) is 0. The van der Waals surface area contributed by atoms with Crippen LogP contribution in [0.3, 0.4) is 0 Å². The first-order valence-corrected chi connectivity index (χ1v) is 8.61. The van der Waals surface area contributed by atoms with Crippen LogP contribution in [0.1, 0.15) is 69.8 Å². The Balaban J connectivity index is 0.00000264. The van der Waals surface area contributed by atoms with Gasteiger partial charge in [0.25, 0.3) is 0 Å². The molecule has 1 aromatic carbocycles. The Kier molecular flexibility index (Phi) is 5.95. The highest BCUT2D eigenvalue weighted by Crippen LogP contribution is 2.41.